The molecule has 1 saturated heterocycles. The van der Waals surface area contributed by atoms with E-state index in [2.05, 4.69) is 14.4 Å². The van der Waals surface area contributed by atoms with Crippen LogP contribution in [0.25, 0.3) is 0 Å². The fraction of sp³-hybridized carbons (Fsp3) is 0.533. The van der Waals surface area contributed by atoms with Crippen LogP contribution < -0.4 is 4.72 Å². The second-order valence-corrected chi connectivity index (χ2v) is 7.39. The first-order valence-electron chi connectivity index (χ1n) is 7.66. The van der Waals surface area contributed by atoms with Crippen LogP contribution >= 0.6 is 0 Å². The Morgan fingerprint density at radius 3 is 2.42 bits per heavy atom. The molecule has 1 aliphatic rings. The highest BCUT2D eigenvalue weighted by atomic mass is 32.2. The van der Waals surface area contributed by atoms with Crippen LogP contribution in [-0.2, 0) is 20.5 Å². The molecule has 24 heavy (non-hydrogen) atoms. The monoisotopic (exact) mass is 359 g/mol. The average Bonchev–Trinajstić information content (AvgIpc) is 2.56. The number of nitrogens with one attached hydrogen (secondary N) is 1. The number of amides is 1. The molecule has 0 bridgehead atoms. The Balaban J connectivity index is 1.71. The highest BCUT2D eigenvalue weighted by Gasteiger charge is 2.21. The number of hydrogen-bond acceptors (Lipinski definition) is 5. The number of sulfonamides is 1. The molecule has 1 heterocycles. The van der Waals surface area contributed by atoms with Gasteiger partial charge < -0.3 is 9.64 Å². The van der Waals surface area contributed by atoms with E-state index in [1.54, 1.807) is 4.90 Å². The van der Waals surface area contributed by atoms with E-state index >= 15 is 0 Å². The van der Waals surface area contributed by atoms with Crippen molar-refractivity contribution in [3.05, 3.63) is 35.6 Å². The van der Waals surface area contributed by atoms with Crippen LogP contribution in [0.15, 0.2) is 24.3 Å². The van der Waals surface area contributed by atoms with E-state index in [1.165, 1.54) is 31.4 Å². The molecule has 0 spiro atoms. The SMILES string of the molecule is COC(=O)N1CCN(CCNS(=O)(=O)Cc2ccc(F)cc2)CC1. The molecule has 0 radical (unpaired) electrons. The minimum Gasteiger partial charge on any atom is -0.453 e. The zero-order valence-electron chi connectivity index (χ0n) is 13.6. The summed E-state index contributed by atoms with van der Waals surface area (Å²) in [4.78, 5) is 15.1. The Labute approximate surface area is 141 Å². The lowest BCUT2D eigenvalue weighted by molar-refractivity contribution is 0.0918. The number of rotatable bonds is 6. The molecule has 134 valence electrons. The van der Waals surface area contributed by atoms with E-state index in [-0.39, 0.29) is 11.8 Å². The summed E-state index contributed by atoms with van der Waals surface area (Å²) in [7, 11) is -2.11. The van der Waals surface area contributed by atoms with Gasteiger partial charge >= 0.3 is 6.09 Å². The number of halogens is 1. The van der Waals surface area contributed by atoms with Crippen molar-refractivity contribution < 1.29 is 22.3 Å². The molecule has 1 fully saturated rings. The van der Waals surface area contributed by atoms with Crippen molar-refractivity contribution in [1.82, 2.24) is 14.5 Å². The summed E-state index contributed by atoms with van der Waals surface area (Å²) in [6, 6.07) is 5.40. The van der Waals surface area contributed by atoms with E-state index in [4.69, 9.17) is 0 Å². The van der Waals surface area contributed by atoms with Crippen LogP contribution in [0.4, 0.5) is 9.18 Å². The highest BCUT2D eigenvalue weighted by Crippen LogP contribution is 2.07. The van der Waals surface area contributed by atoms with Crippen LogP contribution in [0.2, 0.25) is 0 Å². The van der Waals surface area contributed by atoms with Crippen LogP contribution in [0.3, 0.4) is 0 Å². The number of hydrogen-bond donors (Lipinski definition) is 1. The van der Waals surface area contributed by atoms with Crippen LogP contribution in [0.5, 0.6) is 0 Å². The van der Waals surface area contributed by atoms with Crippen molar-refractivity contribution >= 4 is 16.1 Å². The number of methoxy groups -OCH3 is 1. The molecule has 7 nitrogen and oxygen atoms in total. The van der Waals surface area contributed by atoms with E-state index in [0.29, 0.717) is 44.8 Å². The van der Waals surface area contributed by atoms with Gasteiger partial charge in [-0.1, -0.05) is 12.1 Å². The summed E-state index contributed by atoms with van der Waals surface area (Å²) in [6.07, 6.45) is -0.338. The third-order valence-electron chi connectivity index (χ3n) is 3.83. The largest absolute Gasteiger partial charge is 0.453 e. The normalized spacial score (nSPS) is 16.2. The van der Waals surface area contributed by atoms with Gasteiger partial charge in [-0.2, -0.15) is 0 Å². The minimum atomic E-state index is -3.46. The van der Waals surface area contributed by atoms with Crippen LogP contribution in [0.1, 0.15) is 5.56 Å². The van der Waals surface area contributed by atoms with E-state index in [9.17, 15) is 17.6 Å². The molecule has 0 aromatic heterocycles. The Morgan fingerprint density at radius 1 is 1.21 bits per heavy atom. The third-order valence-corrected chi connectivity index (χ3v) is 5.18. The molecule has 1 aromatic carbocycles. The van der Waals surface area contributed by atoms with Gasteiger partial charge in [-0.25, -0.2) is 22.3 Å². The lowest BCUT2D eigenvalue weighted by atomic mass is 10.2. The summed E-state index contributed by atoms with van der Waals surface area (Å²) < 4.78 is 44.1. The van der Waals surface area contributed by atoms with Gasteiger partial charge in [0, 0.05) is 39.3 Å². The zero-order chi connectivity index (χ0) is 17.6. The van der Waals surface area contributed by atoms with Gasteiger partial charge in [0.05, 0.1) is 12.9 Å². The molecule has 1 N–H and O–H groups in total. The Morgan fingerprint density at radius 2 is 1.83 bits per heavy atom. The lowest BCUT2D eigenvalue weighted by Gasteiger charge is -2.33. The van der Waals surface area contributed by atoms with Gasteiger partial charge in [-0.3, -0.25) is 4.90 Å². The predicted octanol–water partition coefficient (Wildman–Crippen LogP) is 0.629. The maximum Gasteiger partial charge on any atom is 0.409 e. The van der Waals surface area contributed by atoms with E-state index in [0.717, 1.165) is 0 Å². The molecule has 1 aliphatic heterocycles. The molecular weight excluding hydrogens is 337 g/mol. The first-order chi connectivity index (χ1) is 11.4. The van der Waals surface area contributed by atoms with Gasteiger partial charge in [0.1, 0.15) is 5.82 Å². The number of carbonyl (C=O) groups excluding carboxylic acids is 1. The first-order valence-corrected chi connectivity index (χ1v) is 9.32. The smallest absolute Gasteiger partial charge is 0.409 e. The van der Waals surface area contributed by atoms with Crippen LogP contribution in [-0.4, -0.2) is 70.7 Å². The van der Waals surface area contributed by atoms with Gasteiger partial charge in [-0.15, -0.1) is 0 Å². The first kappa shape index (κ1) is 18.6. The second-order valence-electron chi connectivity index (χ2n) is 5.58. The number of benzene rings is 1. The topological polar surface area (TPSA) is 79.0 Å². The fourth-order valence-corrected chi connectivity index (χ4v) is 3.63. The minimum absolute atomic E-state index is 0.177. The number of carbonyl (C=O) groups is 1. The highest BCUT2D eigenvalue weighted by molar-refractivity contribution is 7.88. The Bertz CT molecular complexity index is 643. The zero-order valence-corrected chi connectivity index (χ0v) is 14.4. The van der Waals surface area contributed by atoms with Crippen molar-refractivity contribution in [3.63, 3.8) is 0 Å². The molecule has 1 amide bonds. The Kier molecular flexibility index (Phi) is 6.52. The summed E-state index contributed by atoms with van der Waals surface area (Å²) in [5.74, 6) is -0.571. The number of ether oxygens (including phenoxy) is 1. The van der Waals surface area contributed by atoms with Crippen molar-refractivity contribution in [2.45, 2.75) is 5.75 Å². The van der Waals surface area contributed by atoms with Crippen molar-refractivity contribution in [1.29, 1.82) is 0 Å². The second kappa shape index (κ2) is 8.41. The van der Waals surface area contributed by atoms with Gasteiger partial charge in [0.25, 0.3) is 0 Å². The molecule has 1 aromatic rings. The molecule has 0 saturated carbocycles. The molecular formula is C15H22FN3O4S. The molecule has 9 heteroatoms. The lowest BCUT2D eigenvalue weighted by Crippen LogP contribution is -2.50. The summed E-state index contributed by atoms with van der Waals surface area (Å²) in [5.41, 5.74) is 0.538. The Hall–Kier alpha value is -1.71. The molecule has 0 atom stereocenters. The maximum atomic E-state index is 12.8. The quantitative estimate of drug-likeness (QED) is 0.806. The number of piperazine rings is 1. The molecule has 0 aliphatic carbocycles. The van der Waals surface area contributed by atoms with E-state index in [1.807, 2.05) is 0 Å². The maximum absolute atomic E-state index is 12.8. The number of nitrogens with zero attached hydrogens (tertiary/aromatic N) is 2. The molecule has 0 unspecified atom stereocenters. The summed E-state index contributed by atoms with van der Waals surface area (Å²) in [6.45, 7) is 3.34. The fourth-order valence-electron chi connectivity index (χ4n) is 2.49. The van der Waals surface area contributed by atoms with Gasteiger partial charge in [-0.05, 0) is 17.7 Å². The van der Waals surface area contributed by atoms with Crippen molar-refractivity contribution in [2.75, 3.05) is 46.4 Å². The standard InChI is InChI=1S/C15H22FN3O4S/c1-23-15(20)19-10-8-18(9-11-19)7-6-17-24(21,22)12-13-2-4-14(16)5-3-13/h2-5,17H,6-12H2,1H3. The van der Waals surface area contributed by atoms with Crippen molar-refractivity contribution in [3.8, 4) is 0 Å². The third kappa shape index (κ3) is 5.73. The summed E-state index contributed by atoms with van der Waals surface area (Å²) in [5, 5.41) is 0. The van der Waals surface area contributed by atoms with Gasteiger partial charge in [0.15, 0.2) is 0 Å². The predicted molar refractivity (Wildman–Crippen MR) is 87.4 cm³/mol. The van der Waals surface area contributed by atoms with E-state index < -0.39 is 15.8 Å². The summed E-state index contributed by atoms with van der Waals surface area (Å²) >= 11 is 0. The molecule has 2 rings (SSSR count). The van der Waals surface area contributed by atoms with Crippen LogP contribution in [0, 0.1) is 5.82 Å². The average molecular weight is 359 g/mol. The van der Waals surface area contributed by atoms with Gasteiger partial charge in [0.2, 0.25) is 10.0 Å². The van der Waals surface area contributed by atoms with Crippen molar-refractivity contribution in [2.24, 2.45) is 0 Å².